The van der Waals surface area contributed by atoms with Crippen LogP contribution in [0.15, 0.2) is 18.3 Å². The predicted molar refractivity (Wildman–Crippen MR) is 66.7 cm³/mol. The molecule has 2 N–H and O–H groups in total. The van der Waals surface area contributed by atoms with E-state index in [1.54, 1.807) is 6.20 Å². The summed E-state index contributed by atoms with van der Waals surface area (Å²) >= 11 is 4.89. The van der Waals surface area contributed by atoms with Crippen molar-refractivity contribution in [3.63, 3.8) is 0 Å². The number of aromatic nitrogens is 1. The Hall–Kier alpha value is -1.00. The van der Waals surface area contributed by atoms with Gasteiger partial charge in [-0.25, -0.2) is 0 Å². The van der Waals surface area contributed by atoms with Crippen molar-refractivity contribution < 1.29 is 0 Å². The first-order valence-corrected chi connectivity index (χ1v) is 5.55. The highest BCUT2D eigenvalue weighted by molar-refractivity contribution is 7.80. The highest BCUT2D eigenvalue weighted by atomic mass is 32.1. The zero-order valence-corrected chi connectivity index (χ0v) is 10.0. The standard InChI is InChI=1S/C11H17N3S/c1-3-14(4-2)8-9-5-6-13-10(7-9)11(12)15/h5-7H,3-4,8H2,1-2H3,(H2,12,15). The lowest BCUT2D eigenvalue weighted by Crippen LogP contribution is -2.22. The molecule has 82 valence electrons. The smallest absolute Gasteiger partial charge is 0.122 e. The molecule has 0 fully saturated rings. The molecule has 15 heavy (non-hydrogen) atoms. The zero-order valence-electron chi connectivity index (χ0n) is 9.23. The molecule has 0 aromatic carbocycles. The van der Waals surface area contributed by atoms with Crippen LogP contribution >= 0.6 is 12.2 Å². The molecule has 1 rings (SSSR count). The zero-order chi connectivity index (χ0) is 11.3. The van der Waals surface area contributed by atoms with Crippen molar-refractivity contribution in [2.45, 2.75) is 20.4 Å². The molecule has 0 bridgehead atoms. The van der Waals surface area contributed by atoms with Crippen molar-refractivity contribution in [1.29, 1.82) is 0 Å². The monoisotopic (exact) mass is 223 g/mol. The molecule has 0 saturated carbocycles. The van der Waals surface area contributed by atoms with Gasteiger partial charge in [-0.3, -0.25) is 9.88 Å². The maximum absolute atomic E-state index is 5.53. The van der Waals surface area contributed by atoms with Crippen LogP contribution in [0.1, 0.15) is 25.1 Å². The van der Waals surface area contributed by atoms with Gasteiger partial charge in [0, 0.05) is 12.7 Å². The third kappa shape index (κ3) is 3.57. The molecule has 1 aromatic rings. The minimum atomic E-state index is 0.358. The van der Waals surface area contributed by atoms with Gasteiger partial charge in [-0.05, 0) is 30.8 Å². The number of rotatable bonds is 5. The topological polar surface area (TPSA) is 42.2 Å². The second-order valence-electron chi connectivity index (χ2n) is 3.37. The second-order valence-corrected chi connectivity index (χ2v) is 3.81. The Labute approximate surface area is 96.3 Å². The van der Waals surface area contributed by atoms with Gasteiger partial charge < -0.3 is 5.73 Å². The number of hydrogen-bond acceptors (Lipinski definition) is 3. The molecule has 0 aliphatic rings. The van der Waals surface area contributed by atoms with E-state index in [2.05, 4.69) is 23.7 Å². The molecule has 0 unspecified atom stereocenters. The van der Waals surface area contributed by atoms with Gasteiger partial charge in [0.15, 0.2) is 0 Å². The average Bonchev–Trinajstić information content (AvgIpc) is 2.26. The van der Waals surface area contributed by atoms with Crippen LogP contribution in [0.25, 0.3) is 0 Å². The van der Waals surface area contributed by atoms with E-state index in [1.807, 2.05) is 12.1 Å². The summed E-state index contributed by atoms with van der Waals surface area (Å²) in [6, 6.07) is 3.96. The molecule has 1 heterocycles. The Morgan fingerprint density at radius 2 is 2.13 bits per heavy atom. The number of nitrogens with two attached hydrogens (primary N) is 1. The van der Waals surface area contributed by atoms with Gasteiger partial charge in [-0.2, -0.15) is 0 Å². The van der Waals surface area contributed by atoms with Crippen molar-refractivity contribution >= 4 is 17.2 Å². The van der Waals surface area contributed by atoms with E-state index in [1.165, 1.54) is 5.56 Å². The summed E-state index contributed by atoms with van der Waals surface area (Å²) in [5.74, 6) is 0. The van der Waals surface area contributed by atoms with Crippen molar-refractivity contribution in [2.75, 3.05) is 13.1 Å². The Morgan fingerprint density at radius 3 is 2.67 bits per heavy atom. The molecule has 0 spiro atoms. The lowest BCUT2D eigenvalue weighted by atomic mass is 10.2. The molecule has 0 aliphatic heterocycles. The third-order valence-corrected chi connectivity index (χ3v) is 2.59. The molecular weight excluding hydrogens is 206 g/mol. The third-order valence-electron chi connectivity index (χ3n) is 2.38. The summed E-state index contributed by atoms with van der Waals surface area (Å²) < 4.78 is 0. The highest BCUT2D eigenvalue weighted by Crippen LogP contribution is 2.05. The number of hydrogen-bond donors (Lipinski definition) is 1. The van der Waals surface area contributed by atoms with Gasteiger partial charge in [-0.15, -0.1) is 0 Å². The van der Waals surface area contributed by atoms with Crippen LogP contribution in [0, 0.1) is 0 Å². The van der Waals surface area contributed by atoms with Crippen LogP contribution in [-0.4, -0.2) is 28.0 Å². The molecule has 0 radical (unpaired) electrons. The van der Waals surface area contributed by atoms with Crippen LogP contribution < -0.4 is 5.73 Å². The Kier molecular flexibility index (Phi) is 4.65. The molecule has 3 nitrogen and oxygen atoms in total. The van der Waals surface area contributed by atoms with Gasteiger partial charge in [0.2, 0.25) is 0 Å². The van der Waals surface area contributed by atoms with E-state index in [0.29, 0.717) is 10.7 Å². The van der Waals surface area contributed by atoms with Crippen LogP contribution in [-0.2, 0) is 6.54 Å². The average molecular weight is 223 g/mol. The van der Waals surface area contributed by atoms with E-state index in [-0.39, 0.29) is 0 Å². The van der Waals surface area contributed by atoms with E-state index >= 15 is 0 Å². The van der Waals surface area contributed by atoms with E-state index < -0.39 is 0 Å². The Morgan fingerprint density at radius 1 is 1.47 bits per heavy atom. The van der Waals surface area contributed by atoms with Gasteiger partial charge in [0.1, 0.15) is 4.99 Å². The van der Waals surface area contributed by atoms with Gasteiger partial charge in [0.05, 0.1) is 5.69 Å². The minimum Gasteiger partial charge on any atom is -0.388 e. The Balaban J connectivity index is 2.77. The van der Waals surface area contributed by atoms with Crippen molar-refractivity contribution in [1.82, 2.24) is 9.88 Å². The highest BCUT2D eigenvalue weighted by Gasteiger charge is 2.03. The van der Waals surface area contributed by atoms with Crippen LogP contribution in [0.3, 0.4) is 0 Å². The second kappa shape index (κ2) is 5.78. The molecular formula is C11H17N3S. The van der Waals surface area contributed by atoms with Crippen molar-refractivity contribution in [2.24, 2.45) is 5.73 Å². The van der Waals surface area contributed by atoms with Gasteiger partial charge >= 0.3 is 0 Å². The Bertz CT molecular complexity index is 334. The maximum atomic E-state index is 5.53. The first-order valence-electron chi connectivity index (χ1n) is 5.14. The van der Waals surface area contributed by atoms with E-state index in [4.69, 9.17) is 18.0 Å². The molecule has 0 amide bonds. The summed E-state index contributed by atoms with van der Waals surface area (Å²) in [6.45, 7) is 7.31. The summed E-state index contributed by atoms with van der Waals surface area (Å²) in [6.07, 6.45) is 1.76. The normalized spacial score (nSPS) is 10.6. The number of thiocarbonyl (C=S) groups is 1. The number of pyridine rings is 1. The van der Waals surface area contributed by atoms with Crippen LogP contribution in [0.2, 0.25) is 0 Å². The minimum absolute atomic E-state index is 0.358. The quantitative estimate of drug-likeness (QED) is 0.769. The largest absolute Gasteiger partial charge is 0.388 e. The summed E-state index contributed by atoms with van der Waals surface area (Å²) in [7, 11) is 0. The first kappa shape index (κ1) is 12.1. The fraction of sp³-hybridized carbons (Fsp3) is 0.455. The van der Waals surface area contributed by atoms with Crippen LogP contribution in [0.4, 0.5) is 0 Å². The van der Waals surface area contributed by atoms with E-state index in [0.717, 1.165) is 19.6 Å². The van der Waals surface area contributed by atoms with E-state index in [9.17, 15) is 0 Å². The summed E-state index contributed by atoms with van der Waals surface area (Å²) in [5.41, 5.74) is 7.44. The van der Waals surface area contributed by atoms with Gasteiger partial charge in [0.25, 0.3) is 0 Å². The fourth-order valence-electron chi connectivity index (χ4n) is 1.41. The van der Waals surface area contributed by atoms with Gasteiger partial charge in [-0.1, -0.05) is 26.1 Å². The summed E-state index contributed by atoms with van der Waals surface area (Å²) in [5, 5.41) is 0. The predicted octanol–water partition coefficient (Wildman–Crippen LogP) is 1.56. The molecule has 0 aliphatic carbocycles. The number of nitrogens with zero attached hydrogens (tertiary/aromatic N) is 2. The van der Waals surface area contributed by atoms with Crippen molar-refractivity contribution in [3.8, 4) is 0 Å². The molecule has 1 aromatic heterocycles. The lowest BCUT2D eigenvalue weighted by molar-refractivity contribution is 0.296. The summed E-state index contributed by atoms with van der Waals surface area (Å²) in [4.78, 5) is 6.80. The molecule has 4 heteroatoms. The fourth-order valence-corrected chi connectivity index (χ4v) is 1.52. The lowest BCUT2D eigenvalue weighted by Gasteiger charge is -2.18. The van der Waals surface area contributed by atoms with Crippen LogP contribution in [0.5, 0.6) is 0 Å². The molecule has 0 atom stereocenters. The van der Waals surface area contributed by atoms with Crippen molar-refractivity contribution in [3.05, 3.63) is 29.6 Å². The SMILES string of the molecule is CCN(CC)Cc1ccnc(C(N)=S)c1. The first-order chi connectivity index (χ1) is 7.17. The maximum Gasteiger partial charge on any atom is 0.122 e. The molecule has 0 saturated heterocycles.